The third kappa shape index (κ3) is 2.08. The number of rotatable bonds is 3. The van der Waals surface area contributed by atoms with E-state index in [2.05, 4.69) is 0 Å². The van der Waals surface area contributed by atoms with Gasteiger partial charge in [0.2, 0.25) is 0 Å². The number of fused-ring (bicyclic) bond motifs is 4. The molecular formula is C13H14O5S2. The normalized spacial score (nSPS) is 38.5. The fourth-order valence-corrected chi connectivity index (χ4v) is 5.06. The van der Waals surface area contributed by atoms with E-state index in [-0.39, 0.29) is 16.2 Å². The maximum absolute atomic E-state index is 12.3. The lowest BCUT2D eigenvalue weighted by atomic mass is 10.1. The fraction of sp³-hybridized carbons (Fsp3) is 0.538. The molecule has 5 atom stereocenters. The first-order chi connectivity index (χ1) is 9.54. The van der Waals surface area contributed by atoms with Gasteiger partial charge in [0, 0.05) is 5.25 Å². The van der Waals surface area contributed by atoms with Gasteiger partial charge in [-0.1, -0.05) is 17.7 Å². The molecule has 2 bridgehead atoms. The number of ether oxygens (including phenoxy) is 2. The Bertz CT molecular complexity index is 627. The lowest BCUT2D eigenvalue weighted by Crippen LogP contribution is -2.42. The summed E-state index contributed by atoms with van der Waals surface area (Å²) in [6.07, 6.45) is -1.01. The van der Waals surface area contributed by atoms with Gasteiger partial charge in [0.1, 0.15) is 6.10 Å². The standard InChI is InChI=1S/C13H14O5S2/c1-7-2-4-8(5-3-7)20(14,15)18-10-12-11(19-12)9-6-16-13(10)17-9/h2-5,9-13H,6H2,1H3/t9-,10-,11-,12+,13-/m1/s1. The van der Waals surface area contributed by atoms with Crippen LogP contribution in [0.1, 0.15) is 5.56 Å². The summed E-state index contributed by atoms with van der Waals surface area (Å²) < 4.78 is 41.1. The molecule has 1 aromatic rings. The number of hydrogen-bond donors (Lipinski definition) is 0. The van der Waals surface area contributed by atoms with Crippen molar-refractivity contribution in [3.05, 3.63) is 29.8 Å². The van der Waals surface area contributed by atoms with Crippen LogP contribution in [0, 0.1) is 6.92 Å². The molecule has 7 heteroatoms. The second-order valence-electron chi connectivity index (χ2n) is 5.27. The van der Waals surface area contributed by atoms with Gasteiger partial charge in [-0.3, -0.25) is 4.18 Å². The van der Waals surface area contributed by atoms with Crippen LogP contribution in [0.3, 0.4) is 0 Å². The molecule has 0 radical (unpaired) electrons. The molecule has 3 fully saturated rings. The van der Waals surface area contributed by atoms with Crippen molar-refractivity contribution < 1.29 is 22.1 Å². The molecule has 3 heterocycles. The molecule has 3 aliphatic rings. The van der Waals surface area contributed by atoms with Gasteiger partial charge in [-0.2, -0.15) is 8.42 Å². The first kappa shape index (κ1) is 13.1. The Morgan fingerprint density at radius 1 is 1.25 bits per heavy atom. The highest BCUT2D eigenvalue weighted by atomic mass is 32.2. The van der Waals surface area contributed by atoms with Crippen molar-refractivity contribution >= 4 is 21.9 Å². The van der Waals surface area contributed by atoms with Gasteiger partial charge in [-0.05, 0) is 19.1 Å². The lowest BCUT2D eigenvalue weighted by molar-refractivity contribution is -0.131. The van der Waals surface area contributed by atoms with Crippen LogP contribution < -0.4 is 0 Å². The van der Waals surface area contributed by atoms with E-state index < -0.39 is 22.5 Å². The van der Waals surface area contributed by atoms with Crippen molar-refractivity contribution in [2.24, 2.45) is 0 Å². The smallest absolute Gasteiger partial charge is 0.297 e. The molecule has 20 heavy (non-hydrogen) atoms. The van der Waals surface area contributed by atoms with E-state index in [1.165, 1.54) is 0 Å². The Kier molecular flexibility index (Phi) is 2.91. The highest BCUT2D eigenvalue weighted by Gasteiger charge is 2.62. The summed E-state index contributed by atoms with van der Waals surface area (Å²) in [5, 5.41) is 0.480. The molecule has 3 aliphatic heterocycles. The largest absolute Gasteiger partial charge is 0.347 e. The van der Waals surface area contributed by atoms with Crippen LogP contribution in [0.2, 0.25) is 0 Å². The maximum atomic E-state index is 12.3. The van der Waals surface area contributed by atoms with Crippen molar-refractivity contribution in [2.75, 3.05) is 6.61 Å². The Hall–Kier alpha value is -0.600. The van der Waals surface area contributed by atoms with Crippen molar-refractivity contribution in [3.8, 4) is 0 Å². The van der Waals surface area contributed by atoms with Crippen molar-refractivity contribution in [2.45, 2.75) is 40.8 Å². The van der Waals surface area contributed by atoms with Crippen molar-refractivity contribution in [1.82, 2.24) is 0 Å². The van der Waals surface area contributed by atoms with Crippen molar-refractivity contribution in [1.29, 1.82) is 0 Å². The van der Waals surface area contributed by atoms with E-state index >= 15 is 0 Å². The maximum Gasteiger partial charge on any atom is 0.297 e. The van der Waals surface area contributed by atoms with Crippen LogP contribution >= 0.6 is 11.8 Å². The van der Waals surface area contributed by atoms with Gasteiger partial charge in [-0.15, -0.1) is 11.8 Å². The van der Waals surface area contributed by atoms with E-state index in [1.54, 1.807) is 36.0 Å². The van der Waals surface area contributed by atoms with Gasteiger partial charge in [0.25, 0.3) is 10.1 Å². The summed E-state index contributed by atoms with van der Waals surface area (Å²) in [7, 11) is -3.78. The summed E-state index contributed by atoms with van der Waals surface area (Å²) in [6, 6.07) is 6.63. The second-order valence-corrected chi connectivity index (χ2v) is 8.20. The minimum atomic E-state index is -3.78. The molecule has 0 unspecified atom stereocenters. The van der Waals surface area contributed by atoms with Crippen LogP contribution in [0.15, 0.2) is 29.2 Å². The highest BCUT2D eigenvalue weighted by molar-refractivity contribution is 8.07. The Balaban J connectivity index is 1.57. The second kappa shape index (κ2) is 4.45. The molecule has 0 N–H and O–H groups in total. The van der Waals surface area contributed by atoms with Crippen LogP contribution in [-0.2, 0) is 23.8 Å². The number of hydrogen-bond acceptors (Lipinski definition) is 6. The predicted molar refractivity (Wildman–Crippen MR) is 73.0 cm³/mol. The van der Waals surface area contributed by atoms with Gasteiger partial charge in [-0.25, -0.2) is 0 Å². The SMILES string of the molecule is Cc1ccc(S(=O)(=O)O[C@H]2[C@@H]3OC[C@@H](O3)[C@H]3S[C@@H]23)cc1. The first-order valence-corrected chi connectivity index (χ1v) is 8.82. The molecule has 3 saturated heterocycles. The first-order valence-electron chi connectivity index (χ1n) is 6.47. The van der Waals surface area contributed by atoms with Crippen LogP contribution in [-0.4, -0.2) is 44.0 Å². The molecule has 0 aromatic heterocycles. The minimum absolute atomic E-state index is 0.0944. The van der Waals surface area contributed by atoms with Gasteiger partial charge < -0.3 is 9.47 Å². The fourth-order valence-electron chi connectivity index (χ4n) is 2.65. The topological polar surface area (TPSA) is 61.8 Å². The summed E-state index contributed by atoms with van der Waals surface area (Å²) in [5.74, 6) is 0. The quantitative estimate of drug-likeness (QED) is 0.619. The lowest BCUT2D eigenvalue weighted by Gasteiger charge is -2.25. The zero-order chi connectivity index (χ0) is 13.9. The average molecular weight is 314 g/mol. The van der Waals surface area contributed by atoms with E-state index in [0.29, 0.717) is 11.9 Å². The Morgan fingerprint density at radius 3 is 2.75 bits per heavy atom. The van der Waals surface area contributed by atoms with Gasteiger partial charge in [0.15, 0.2) is 6.29 Å². The number of thioether (sulfide) groups is 1. The number of aryl methyl sites for hydroxylation is 1. The molecule has 0 aliphatic carbocycles. The van der Waals surface area contributed by atoms with Gasteiger partial charge >= 0.3 is 0 Å². The third-order valence-electron chi connectivity index (χ3n) is 3.80. The summed E-state index contributed by atoms with van der Waals surface area (Å²) >= 11 is 1.71. The summed E-state index contributed by atoms with van der Waals surface area (Å²) in [4.78, 5) is 0.172. The predicted octanol–water partition coefficient (Wildman–Crippen LogP) is 1.31. The van der Waals surface area contributed by atoms with Gasteiger partial charge in [0.05, 0.1) is 22.9 Å². The monoisotopic (exact) mass is 314 g/mol. The Morgan fingerprint density at radius 2 is 2.00 bits per heavy atom. The molecule has 1 aromatic carbocycles. The molecular weight excluding hydrogens is 300 g/mol. The van der Waals surface area contributed by atoms with Crippen LogP contribution in [0.4, 0.5) is 0 Å². The molecule has 0 amide bonds. The van der Waals surface area contributed by atoms with E-state index in [0.717, 1.165) is 5.56 Å². The molecule has 0 saturated carbocycles. The molecule has 4 rings (SSSR count). The van der Waals surface area contributed by atoms with Crippen molar-refractivity contribution in [3.63, 3.8) is 0 Å². The van der Waals surface area contributed by atoms with E-state index in [9.17, 15) is 8.42 Å². The van der Waals surface area contributed by atoms with Crippen LogP contribution in [0.25, 0.3) is 0 Å². The summed E-state index contributed by atoms with van der Waals surface area (Å²) in [5.41, 5.74) is 1.00. The zero-order valence-electron chi connectivity index (χ0n) is 10.8. The molecule has 5 nitrogen and oxygen atoms in total. The number of benzene rings is 1. The Labute approximate surface area is 121 Å². The van der Waals surface area contributed by atoms with Crippen LogP contribution in [0.5, 0.6) is 0 Å². The highest BCUT2D eigenvalue weighted by Crippen LogP contribution is 2.54. The average Bonchev–Trinajstić information content (AvgIpc) is 3.09. The molecule has 108 valence electrons. The molecule has 0 spiro atoms. The minimum Gasteiger partial charge on any atom is -0.347 e. The zero-order valence-corrected chi connectivity index (χ0v) is 12.4. The third-order valence-corrected chi connectivity index (χ3v) is 6.60. The van der Waals surface area contributed by atoms with E-state index in [1.807, 2.05) is 6.92 Å². The summed E-state index contributed by atoms with van der Waals surface area (Å²) in [6.45, 7) is 2.44. The van der Waals surface area contributed by atoms with E-state index in [4.69, 9.17) is 13.7 Å².